The maximum absolute atomic E-state index is 11.6. The second-order valence-corrected chi connectivity index (χ2v) is 4.11. The van der Waals surface area contributed by atoms with Gasteiger partial charge in [-0.25, -0.2) is 0 Å². The summed E-state index contributed by atoms with van der Waals surface area (Å²) in [7, 11) is 0. The highest BCUT2D eigenvalue weighted by Crippen LogP contribution is 2.13. The molecule has 0 heterocycles. The molecule has 1 nitrogen and oxygen atoms in total. The van der Waals surface area contributed by atoms with Crippen LogP contribution in [0.2, 0.25) is 0 Å². The van der Waals surface area contributed by atoms with Crippen molar-refractivity contribution in [1.29, 1.82) is 0 Å². The predicted octanol–water partition coefficient (Wildman–Crippen LogP) is 3.08. The van der Waals surface area contributed by atoms with E-state index in [9.17, 15) is 4.79 Å². The zero-order chi connectivity index (χ0) is 8.97. The largest absolute Gasteiger partial charge is 0.293 e. The van der Waals surface area contributed by atoms with Crippen molar-refractivity contribution in [3.63, 3.8) is 0 Å². The van der Waals surface area contributed by atoms with Crippen LogP contribution in [-0.4, -0.2) is 9.71 Å². The third-order valence-electron chi connectivity index (χ3n) is 1.70. The van der Waals surface area contributed by atoms with E-state index in [4.69, 9.17) is 0 Å². The number of hydrogen-bond acceptors (Lipinski definition) is 1. The Labute approximate surface area is 86.3 Å². The number of carbonyl (C=O) groups is 1. The summed E-state index contributed by atoms with van der Waals surface area (Å²) < 4.78 is 0.116. The molecule has 0 bridgehead atoms. The fraction of sp³-hybridized carbons (Fsp3) is 0.300. The number of benzene rings is 1. The van der Waals surface area contributed by atoms with E-state index in [1.165, 1.54) is 0 Å². The van der Waals surface area contributed by atoms with Crippen LogP contribution in [0.1, 0.15) is 23.7 Å². The Morgan fingerprint density at radius 3 is 2.50 bits per heavy atom. The Bertz CT molecular complexity index is 256. The van der Waals surface area contributed by atoms with Crippen LogP contribution >= 0.6 is 22.6 Å². The zero-order valence-electron chi connectivity index (χ0n) is 6.96. The molecule has 1 atom stereocenters. The maximum Gasteiger partial charge on any atom is 0.175 e. The summed E-state index contributed by atoms with van der Waals surface area (Å²) in [5.41, 5.74) is 0.818. The van der Waals surface area contributed by atoms with E-state index < -0.39 is 0 Å². The van der Waals surface area contributed by atoms with Gasteiger partial charge in [-0.2, -0.15) is 0 Å². The molecular weight excluding hydrogens is 263 g/mol. The van der Waals surface area contributed by atoms with Crippen LogP contribution in [0.4, 0.5) is 0 Å². The van der Waals surface area contributed by atoms with E-state index in [0.717, 1.165) is 12.0 Å². The Balaban J connectivity index is 2.79. The molecule has 0 spiro atoms. The first-order chi connectivity index (χ1) is 5.75. The van der Waals surface area contributed by atoms with Crippen molar-refractivity contribution in [2.75, 3.05) is 0 Å². The van der Waals surface area contributed by atoms with Crippen molar-refractivity contribution in [2.45, 2.75) is 17.3 Å². The van der Waals surface area contributed by atoms with E-state index in [-0.39, 0.29) is 9.71 Å². The molecule has 0 fully saturated rings. The van der Waals surface area contributed by atoms with Crippen LogP contribution in [0.25, 0.3) is 0 Å². The summed E-state index contributed by atoms with van der Waals surface area (Å²) in [6, 6.07) is 9.44. The van der Waals surface area contributed by atoms with Crippen LogP contribution in [0, 0.1) is 0 Å². The van der Waals surface area contributed by atoms with Gasteiger partial charge >= 0.3 is 0 Å². The quantitative estimate of drug-likeness (QED) is 0.470. The van der Waals surface area contributed by atoms with Crippen LogP contribution in [-0.2, 0) is 0 Å². The number of rotatable bonds is 3. The number of alkyl halides is 1. The Kier molecular flexibility index (Phi) is 3.72. The van der Waals surface area contributed by atoms with E-state index in [2.05, 4.69) is 22.6 Å². The van der Waals surface area contributed by atoms with Crippen LogP contribution < -0.4 is 0 Å². The van der Waals surface area contributed by atoms with E-state index in [1.807, 2.05) is 37.3 Å². The first-order valence-corrected chi connectivity index (χ1v) is 5.23. The average molecular weight is 274 g/mol. The van der Waals surface area contributed by atoms with Gasteiger partial charge in [-0.3, -0.25) is 4.79 Å². The number of halogens is 1. The molecule has 0 unspecified atom stereocenters. The predicted molar refractivity (Wildman–Crippen MR) is 58.9 cm³/mol. The van der Waals surface area contributed by atoms with Crippen molar-refractivity contribution < 1.29 is 4.79 Å². The van der Waals surface area contributed by atoms with Crippen molar-refractivity contribution >= 4 is 28.4 Å². The molecule has 1 aromatic rings. The average Bonchev–Trinajstić information content (AvgIpc) is 2.17. The fourth-order valence-electron chi connectivity index (χ4n) is 0.969. The standard InChI is InChI=1S/C10H11IO/c1-2-9(11)10(12)8-6-4-3-5-7-8/h3-7,9H,2H2,1H3/t9-/m0/s1. The molecule has 0 saturated heterocycles. The van der Waals surface area contributed by atoms with Crippen molar-refractivity contribution in [3.8, 4) is 0 Å². The lowest BCUT2D eigenvalue weighted by molar-refractivity contribution is 0.0993. The van der Waals surface area contributed by atoms with Crippen molar-refractivity contribution in [1.82, 2.24) is 0 Å². The van der Waals surface area contributed by atoms with Gasteiger partial charge in [-0.15, -0.1) is 0 Å². The second kappa shape index (κ2) is 4.60. The molecule has 0 radical (unpaired) electrons. The monoisotopic (exact) mass is 274 g/mol. The van der Waals surface area contributed by atoms with Crippen molar-refractivity contribution in [2.24, 2.45) is 0 Å². The smallest absolute Gasteiger partial charge is 0.175 e. The van der Waals surface area contributed by atoms with E-state index in [1.54, 1.807) is 0 Å². The number of carbonyl (C=O) groups excluding carboxylic acids is 1. The molecule has 0 aliphatic rings. The third-order valence-corrected chi connectivity index (χ3v) is 3.15. The van der Waals surface area contributed by atoms with Gasteiger partial charge in [0, 0.05) is 5.56 Å². The molecule has 0 N–H and O–H groups in total. The number of ketones is 1. The fourth-order valence-corrected chi connectivity index (χ4v) is 1.33. The third kappa shape index (κ3) is 2.30. The molecule has 0 amide bonds. The lowest BCUT2D eigenvalue weighted by Crippen LogP contribution is -2.12. The SMILES string of the molecule is CC[C@H](I)C(=O)c1ccccc1. The highest BCUT2D eigenvalue weighted by molar-refractivity contribution is 14.1. The van der Waals surface area contributed by atoms with Crippen LogP contribution in [0.15, 0.2) is 30.3 Å². The topological polar surface area (TPSA) is 17.1 Å². The summed E-state index contributed by atoms with van der Waals surface area (Å²) in [6.45, 7) is 2.03. The number of hydrogen-bond donors (Lipinski definition) is 0. The minimum Gasteiger partial charge on any atom is -0.293 e. The Morgan fingerprint density at radius 1 is 1.42 bits per heavy atom. The normalized spacial score (nSPS) is 12.5. The summed E-state index contributed by atoms with van der Waals surface area (Å²) in [4.78, 5) is 11.6. The van der Waals surface area contributed by atoms with Gasteiger partial charge in [-0.1, -0.05) is 59.8 Å². The van der Waals surface area contributed by atoms with Crippen LogP contribution in [0.3, 0.4) is 0 Å². The molecule has 0 aliphatic heterocycles. The van der Waals surface area contributed by atoms with Gasteiger partial charge in [-0.05, 0) is 6.42 Å². The van der Waals surface area contributed by atoms with Crippen molar-refractivity contribution in [3.05, 3.63) is 35.9 Å². The minimum atomic E-state index is 0.116. The van der Waals surface area contributed by atoms with Crippen LogP contribution in [0.5, 0.6) is 0 Å². The Hall–Kier alpha value is -0.380. The summed E-state index contributed by atoms with van der Waals surface area (Å²) in [6.07, 6.45) is 0.897. The first kappa shape index (κ1) is 9.71. The highest BCUT2D eigenvalue weighted by atomic mass is 127. The molecular formula is C10H11IO. The summed E-state index contributed by atoms with van der Waals surface area (Å²) in [5.74, 6) is 0.235. The summed E-state index contributed by atoms with van der Waals surface area (Å²) >= 11 is 2.19. The molecule has 2 heteroatoms. The molecule has 0 aliphatic carbocycles. The maximum atomic E-state index is 11.6. The van der Waals surface area contributed by atoms with Gasteiger partial charge in [0.05, 0.1) is 3.92 Å². The lowest BCUT2D eigenvalue weighted by atomic mass is 10.1. The molecule has 0 aromatic heterocycles. The summed E-state index contributed by atoms with van der Waals surface area (Å²) in [5, 5.41) is 0. The first-order valence-electron chi connectivity index (χ1n) is 3.99. The van der Waals surface area contributed by atoms with Gasteiger partial charge in [0.1, 0.15) is 0 Å². The number of Topliss-reactive ketones (excluding diaryl/α,β-unsaturated/α-hetero) is 1. The van der Waals surface area contributed by atoms with Gasteiger partial charge in [0.2, 0.25) is 0 Å². The Morgan fingerprint density at radius 2 is 2.00 bits per heavy atom. The van der Waals surface area contributed by atoms with Gasteiger partial charge < -0.3 is 0 Å². The molecule has 1 aromatic carbocycles. The molecule has 1 rings (SSSR count). The van der Waals surface area contributed by atoms with Gasteiger partial charge in [0.25, 0.3) is 0 Å². The van der Waals surface area contributed by atoms with E-state index in [0.29, 0.717) is 0 Å². The lowest BCUT2D eigenvalue weighted by Gasteiger charge is -2.04. The highest BCUT2D eigenvalue weighted by Gasteiger charge is 2.13. The molecule has 12 heavy (non-hydrogen) atoms. The van der Waals surface area contributed by atoms with Gasteiger partial charge in [0.15, 0.2) is 5.78 Å². The van der Waals surface area contributed by atoms with E-state index >= 15 is 0 Å². The second-order valence-electron chi connectivity index (χ2n) is 2.61. The zero-order valence-corrected chi connectivity index (χ0v) is 9.11. The minimum absolute atomic E-state index is 0.116. The molecule has 64 valence electrons. The molecule has 0 saturated carbocycles.